The van der Waals surface area contributed by atoms with E-state index in [0.29, 0.717) is 17.8 Å². The first-order valence-corrected chi connectivity index (χ1v) is 8.43. The standard InChI is InChI=1S/C18H21N7/c1-20-11-21-12-4-2-5-13(10-12)22-18-23-16(19)15-8-9-25(17(15)24-18)14-6-3-7-14/h2,4-5,8-11,14H,3,6-7H2,1H3,(H,20,21)(H3,19,22,23,24). The third-order valence-electron chi connectivity index (χ3n) is 4.55. The van der Waals surface area contributed by atoms with Crippen molar-refractivity contribution < 1.29 is 0 Å². The highest BCUT2D eigenvalue weighted by Gasteiger charge is 2.22. The van der Waals surface area contributed by atoms with Crippen LogP contribution in [0.15, 0.2) is 41.5 Å². The number of benzene rings is 1. The summed E-state index contributed by atoms with van der Waals surface area (Å²) in [5.41, 5.74) is 8.86. The zero-order chi connectivity index (χ0) is 17.2. The predicted molar refractivity (Wildman–Crippen MR) is 103 cm³/mol. The van der Waals surface area contributed by atoms with Gasteiger partial charge in [0.05, 0.1) is 11.7 Å². The maximum absolute atomic E-state index is 6.15. The Hall–Kier alpha value is -3.09. The minimum absolute atomic E-state index is 0.498. The van der Waals surface area contributed by atoms with E-state index in [4.69, 9.17) is 10.7 Å². The van der Waals surface area contributed by atoms with Gasteiger partial charge in [0.15, 0.2) is 0 Å². The van der Waals surface area contributed by atoms with Crippen LogP contribution in [0.3, 0.4) is 0 Å². The topological polar surface area (TPSA) is 93.1 Å². The Balaban J connectivity index is 1.65. The van der Waals surface area contributed by atoms with Crippen LogP contribution in [0.1, 0.15) is 25.3 Å². The van der Waals surface area contributed by atoms with Crippen molar-refractivity contribution >= 4 is 40.5 Å². The van der Waals surface area contributed by atoms with Crippen molar-refractivity contribution in [1.82, 2.24) is 14.5 Å². The van der Waals surface area contributed by atoms with Gasteiger partial charge in [-0.3, -0.25) is 4.99 Å². The second-order valence-electron chi connectivity index (χ2n) is 6.21. The minimum Gasteiger partial charge on any atom is -0.383 e. The highest BCUT2D eigenvalue weighted by atomic mass is 15.2. The molecule has 0 saturated heterocycles. The summed E-state index contributed by atoms with van der Waals surface area (Å²) in [5, 5.41) is 7.25. The van der Waals surface area contributed by atoms with Crippen molar-refractivity contribution in [2.24, 2.45) is 4.99 Å². The van der Waals surface area contributed by atoms with Crippen molar-refractivity contribution in [3.8, 4) is 0 Å². The molecule has 1 fully saturated rings. The number of hydrogen-bond acceptors (Lipinski definition) is 5. The van der Waals surface area contributed by atoms with Crippen molar-refractivity contribution in [3.05, 3.63) is 36.5 Å². The van der Waals surface area contributed by atoms with Crippen LogP contribution in [0, 0.1) is 0 Å². The number of aliphatic imine (C=N–C) groups is 1. The lowest BCUT2D eigenvalue weighted by atomic mass is 9.93. The maximum Gasteiger partial charge on any atom is 0.231 e. The third-order valence-corrected chi connectivity index (χ3v) is 4.55. The first-order chi connectivity index (χ1) is 12.2. The fraction of sp³-hybridized carbons (Fsp3) is 0.278. The average Bonchev–Trinajstić information content (AvgIpc) is 2.96. The molecule has 7 nitrogen and oxygen atoms in total. The second kappa shape index (κ2) is 6.43. The molecule has 0 atom stereocenters. The van der Waals surface area contributed by atoms with Crippen LogP contribution in [-0.2, 0) is 0 Å². The van der Waals surface area contributed by atoms with Gasteiger partial charge >= 0.3 is 0 Å². The Morgan fingerprint density at radius 1 is 1.24 bits per heavy atom. The highest BCUT2D eigenvalue weighted by molar-refractivity contribution is 5.88. The smallest absolute Gasteiger partial charge is 0.231 e. The van der Waals surface area contributed by atoms with E-state index in [-0.39, 0.29) is 0 Å². The first kappa shape index (κ1) is 15.4. The molecule has 1 saturated carbocycles. The van der Waals surface area contributed by atoms with Gasteiger partial charge in [0, 0.05) is 30.7 Å². The average molecular weight is 335 g/mol. The Morgan fingerprint density at radius 2 is 2.08 bits per heavy atom. The molecule has 4 N–H and O–H groups in total. The van der Waals surface area contributed by atoms with E-state index in [0.717, 1.165) is 22.4 Å². The van der Waals surface area contributed by atoms with Gasteiger partial charge in [-0.15, -0.1) is 0 Å². The van der Waals surface area contributed by atoms with Gasteiger partial charge in [0.25, 0.3) is 0 Å². The number of anilines is 4. The van der Waals surface area contributed by atoms with Gasteiger partial charge in [0.2, 0.25) is 5.95 Å². The summed E-state index contributed by atoms with van der Waals surface area (Å²) in [6.07, 6.45) is 7.38. The van der Waals surface area contributed by atoms with Crippen molar-refractivity contribution in [3.63, 3.8) is 0 Å². The maximum atomic E-state index is 6.15. The summed E-state index contributed by atoms with van der Waals surface area (Å²) >= 11 is 0. The lowest BCUT2D eigenvalue weighted by Crippen LogP contribution is -2.16. The van der Waals surface area contributed by atoms with Gasteiger partial charge in [-0.25, -0.2) is 0 Å². The van der Waals surface area contributed by atoms with Crippen molar-refractivity contribution in [1.29, 1.82) is 0 Å². The molecule has 2 aromatic heterocycles. The van der Waals surface area contributed by atoms with E-state index in [2.05, 4.69) is 31.4 Å². The summed E-state index contributed by atoms with van der Waals surface area (Å²) in [5.74, 6) is 1.00. The molecule has 0 spiro atoms. The lowest BCUT2D eigenvalue weighted by Gasteiger charge is -2.27. The molecule has 2 heterocycles. The van der Waals surface area contributed by atoms with Crippen LogP contribution < -0.4 is 16.4 Å². The Labute approximate surface area is 146 Å². The summed E-state index contributed by atoms with van der Waals surface area (Å²) in [7, 11) is 1.72. The van der Waals surface area contributed by atoms with E-state index in [9.17, 15) is 0 Å². The van der Waals surface area contributed by atoms with Gasteiger partial charge in [0.1, 0.15) is 11.5 Å². The summed E-state index contributed by atoms with van der Waals surface area (Å²) < 4.78 is 2.22. The van der Waals surface area contributed by atoms with E-state index in [1.165, 1.54) is 19.3 Å². The Morgan fingerprint density at radius 3 is 2.84 bits per heavy atom. The van der Waals surface area contributed by atoms with E-state index >= 15 is 0 Å². The highest BCUT2D eigenvalue weighted by Crippen LogP contribution is 2.35. The van der Waals surface area contributed by atoms with E-state index < -0.39 is 0 Å². The number of fused-ring (bicyclic) bond motifs is 1. The summed E-state index contributed by atoms with van der Waals surface area (Å²) in [6, 6.07) is 10.4. The van der Waals surface area contributed by atoms with Crippen molar-refractivity contribution in [2.45, 2.75) is 25.3 Å². The molecule has 0 amide bonds. The number of nitrogens with zero attached hydrogens (tertiary/aromatic N) is 4. The van der Waals surface area contributed by atoms with Crippen LogP contribution in [0.2, 0.25) is 0 Å². The molecule has 0 bridgehead atoms. The van der Waals surface area contributed by atoms with Gasteiger partial charge in [-0.05, 0) is 43.5 Å². The first-order valence-electron chi connectivity index (χ1n) is 8.43. The van der Waals surface area contributed by atoms with E-state index in [1.54, 1.807) is 13.4 Å². The third kappa shape index (κ3) is 3.00. The molecule has 25 heavy (non-hydrogen) atoms. The lowest BCUT2D eigenvalue weighted by molar-refractivity contribution is 0.320. The number of nitrogens with one attached hydrogen (secondary N) is 2. The van der Waals surface area contributed by atoms with Gasteiger partial charge < -0.3 is 20.9 Å². The molecule has 7 heteroatoms. The van der Waals surface area contributed by atoms with Crippen molar-refractivity contribution in [2.75, 3.05) is 23.4 Å². The Kier molecular flexibility index (Phi) is 3.97. The molecule has 0 aliphatic heterocycles. The van der Waals surface area contributed by atoms with Gasteiger partial charge in [-0.2, -0.15) is 9.97 Å². The number of nitrogens with two attached hydrogens (primary N) is 1. The molecule has 0 radical (unpaired) electrons. The molecule has 4 rings (SSSR count). The largest absolute Gasteiger partial charge is 0.383 e. The zero-order valence-corrected chi connectivity index (χ0v) is 14.1. The SMILES string of the molecule is CN=CNc1cccc(Nc2nc(N)c3ccn(C4CCC4)c3n2)c1. The van der Waals surface area contributed by atoms with Crippen LogP contribution in [0.4, 0.5) is 23.1 Å². The van der Waals surface area contributed by atoms with Crippen LogP contribution in [0.5, 0.6) is 0 Å². The summed E-state index contributed by atoms with van der Waals surface area (Å²) in [6.45, 7) is 0. The van der Waals surface area contributed by atoms with Gasteiger partial charge in [-0.1, -0.05) is 6.07 Å². The second-order valence-corrected chi connectivity index (χ2v) is 6.21. The molecule has 1 aliphatic carbocycles. The molecule has 0 unspecified atom stereocenters. The van der Waals surface area contributed by atoms with Crippen LogP contribution >= 0.6 is 0 Å². The summed E-state index contributed by atoms with van der Waals surface area (Å²) in [4.78, 5) is 13.0. The number of aromatic nitrogens is 3. The van der Waals surface area contributed by atoms with E-state index in [1.807, 2.05) is 30.3 Å². The quantitative estimate of drug-likeness (QED) is 0.490. The van der Waals surface area contributed by atoms with Crippen LogP contribution in [-0.4, -0.2) is 27.9 Å². The molecular formula is C18H21N7. The monoisotopic (exact) mass is 335 g/mol. The minimum atomic E-state index is 0.498. The Bertz CT molecular complexity index is 924. The number of hydrogen-bond donors (Lipinski definition) is 3. The number of nitrogen functional groups attached to an aromatic ring is 1. The normalized spacial score (nSPS) is 14.8. The fourth-order valence-electron chi connectivity index (χ4n) is 3.03. The molecule has 1 aromatic carbocycles. The molecular weight excluding hydrogens is 314 g/mol. The van der Waals surface area contributed by atoms with Crippen LogP contribution in [0.25, 0.3) is 11.0 Å². The zero-order valence-electron chi connectivity index (χ0n) is 14.1. The molecule has 3 aromatic rings. The number of rotatable bonds is 5. The molecule has 1 aliphatic rings. The predicted octanol–water partition coefficient (Wildman–Crippen LogP) is 3.55. The molecule has 128 valence electrons. The fourth-order valence-corrected chi connectivity index (χ4v) is 3.03.